The van der Waals surface area contributed by atoms with Crippen LogP contribution in [0.3, 0.4) is 0 Å². The van der Waals surface area contributed by atoms with Gasteiger partial charge in [-0.05, 0) is 29.8 Å². The number of hydrogen-bond donors (Lipinski definition) is 0. The van der Waals surface area contributed by atoms with Gasteiger partial charge in [-0.25, -0.2) is 16.8 Å². The van der Waals surface area contributed by atoms with Crippen molar-refractivity contribution >= 4 is 32.1 Å². The van der Waals surface area contributed by atoms with Crippen LogP contribution >= 0.6 is 12.4 Å². The van der Waals surface area contributed by atoms with Crippen molar-refractivity contribution in [3.8, 4) is 5.75 Å². The Balaban J connectivity index is 0.00000240. The Bertz CT molecular complexity index is 1230. The highest BCUT2D eigenvalue weighted by Gasteiger charge is 2.43. The molecule has 9 heteroatoms. The second kappa shape index (κ2) is 8.14. The molecule has 0 saturated carbocycles. The summed E-state index contributed by atoms with van der Waals surface area (Å²) in [6.45, 7) is 0.153. The molecule has 152 valence electrons. The number of rotatable bonds is 5. The van der Waals surface area contributed by atoms with Gasteiger partial charge >= 0.3 is 0 Å². The fourth-order valence-electron chi connectivity index (χ4n) is 3.27. The van der Waals surface area contributed by atoms with Crippen LogP contribution in [0.4, 0.5) is 0 Å². The Kier molecular flexibility index (Phi) is 5.97. The lowest BCUT2D eigenvalue weighted by Crippen LogP contribution is -2.17. The van der Waals surface area contributed by atoms with Crippen molar-refractivity contribution < 1.29 is 21.6 Å². The maximum absolute atomic E-state index is 13.4. The van der Waals surface area contributed by atoms with Gasteiger partial charge in [0.2, 0.25) is 0 Å². The zero-order chi connectivity index (χ0) is 19.8. The van der Waals surface area contributed by atoms with Gasteiger partial charge in [0.15, 0.2) is 19.7 Å². The van der Waals surface area contributed by atoms with E-state index < -0.39 is 30.7 Å². The zero-order valence-electron chi connectivity index (χ0n) is 15.1. The maximum atomic E-state index is 13.4. The number of pyridine rings is 1. The minimum atomic E-state index is -3.98. The number of nitrogens with zero attached hydrogens (tertiary/aromatic N) is 1. The molecule has 4 rings (SSSR count). The summed E-state index contributed by atoms with van der Waals surface area (Å²) in [5.41, 5.74) is 1.10. The summed E-state index contributed by atoms with van der Waals surface area (Å²) in [7, 11) is -7.62. The van der Waals surface area contributed by atoms with Gasteiger partial charge in [-0.2, -0.15) is 0 Å². The van der Waals surface area contributed by atoms with Crippen LogP contribution in [0.25, 0.3) is 0 Å². The molecule has 1 aliphatic heterocycles. The van der Waals surface area contributed by atoms with E-state index in [1.165, 1.54) is 12.1 Å². The lowest BCUT2D eigenvalue weighted by Gasteiger charge is -2.16. The minimum absolute atomic E-state index is 0. The number of aromatic nitrogens is 1. The normalized spacial score (nSPS) is 17.2. The Labute approximate surface area is 175 Å². The Morgan fingerprint density at radius 3 is 2.48 bits per heavy atom. The summed E-state index contributed by atoms with van der Waals surface area (Å²) in [6.07, 6.45) is 3.27. The molecule has 0 saturated heterocycles. The van der Waals surface area contributed by atoms with Crippen molar-refractivity contribution in [1.29, 1.82) is 0 Å². The van der Waals surface area contributed by atoms with Crippen LogP contribution in [0.1, 0.15) is 16.4 Å². The number of ether oxygens (including phenoxy) is 1. The summed E-state index contributed by atoms with van der Waals surface area (Å²) in [6, 6.07) is 16.1. The molecular weight excluding hydrogens is 434 g/mol. The van der Waals surface area contributed by atoms with Gasteiger partial charge in [0, 0.05) is 18.0 Å². The first kappa shape index (κ1) is 21.3. The van der Waals surface area contributed by atoms with Crippen molar-refractivity contribution in [1.82, 2.24) is 4.98 Å². The van der Waals surface area contributed by atoms with Crippen molar-refractivity contribution in [3.05, 3.63) is 84.2 Å². The summed E-state index contributed by atoms with van der Waals surface area (Å²) >= 11 is 0. The predicted octanol–water partition coefficient (Wildman–Crippen LogP) is 3.38. The highest BCUT2D eigenvalue weighted by Crippen LogP contribution is 2.42. The monoisotopic (exact) mass is 451 g/mol. The molecule has 2 aromatic carbocycles. The van der Waals surface area contributed by atoms with E-state index in [-0.39, 0.29) is 34.6 Å². The quantitative estimate of drug-likeness (QED) is 0.590. The molecular formula is C20H18ClNO5S2. The second-order valence-electron chi connectivity index (χ2n) is 6.45. The third-order valence-electron chi connectivity index (χ3n) is 4.62. The van der Waals surface area contributed by atoms with Gasteiger partial charge in [0.25, 0.3) is 0 Å². The molecule has 2 heterocycles. The molecule has 3 aromatic rings. The van der Waals surface area contributed by atoms with Crippen molar-refractivity contribution in [2.24, 2.45) is 0 Å². The van der Waals surface area contributed by atoms with Crippen LogP contribution in [-0.2, 0) is 26.3 Å². The molecule has 0 amide bonds. The molecule has 1 atom stereocenters. The summed E-state index contributed by atoms with van der Waals surface area (Å²) in [5.74, 6) is -0.279. The highest BCUT2D eigenvalue weighted by molar-refractivity contribution is 7.96. The van der Waals surface area contributed by atoms with E-state index in [9.17, 15) is 16.8 Å². The SMILES string of the molecule is Cl.O=S1(=O)CC(S(=O)(=O)c2ccccc2OCc2cccnc2)c2ccccc21. The highest BCUT2D eigenvalue weighted by atomic mass is 35.5. The third-order valence-corrected chi connectivity index (χ3v) is 8.76. The van der Waals surface area contributed by atoms with Gasteiger partial charge in [-0.1, -0.05) is 36.4 Å². The first-order chi connectivity index (χ1) is 13.4. The second-order valence-corrected chi connectivity index (χ2v) is 10.6. The Morgan fingerprint density at radius 2 is 1.72 bits per heavy atom. The van der Waals surface area contributed by atoms with Gasteiger partial charge in [0.1, 0.15) is 22.5 Å². The molecule has 0 spiro atoms. The van der Waals surface area contributed by atoms with Crippen molar-refractivity contribution in [2.75, 3.05) is 5.75 Å². The topological polar surface area (TPSA) is 90.4 Å². The fourth-order valence-corrected chi connectivity index (χ4v) is 7.73. The average molecular weight is 452 g/mol. The summed E-state index contributed by atoms with van der Waals surface area (Å²) < 4.78 is 57.3. The maximum Gasteiger partial charge on any atom is 0.190 e. The molecule has 1 aliphatic rings. The first-order valence-corrected chi connectivity index (χ1v) is 11.8. The summed E-state index contributed by atoms with van der Waals surface area (Å²) in [4.78, 5) is 4.07. The van der Waals surface area contributed by atoms with E-state index in [2.05, 4.69) is 4.98 Å². The molecule has 1 aromatic heterocycles. The van der Waals surface area contributed by atoms with Crippen LogP contribution in [0.2, 0.25) is 0 Å². The van der Waals surface area contributed by atoms with Gasteiger partial charge < -0.3 is 4.74 Å². The fraction of sp³-hybridized carbons (Fsp3) is 0.150. The van der Waals surface area contributed by atoms with Gasteiger partial charge in [-0.15, -0.1) is 12.4 Å². The van der Waals surface area contributed by atoms with E-state index in [0.29, 0.717) is 5.56 Å². The van der Waals surface area contributed by atoms with Crippen LogP contribution in [0.5, 0.6) is 5.75 Å². The van der Waals surface area contributed by atoms with Crippen LogP contribution in [0.15, 0.2) is 82.8 Å². The lowest BCUT2D eigenvalue weighted by molar-refractivity contribution is 0.297. The Hall–Kier alpha value is -2.42. The third kappa shape index (κ3) is 4.01. The molecule has 6 nitrogen and oxygen atoms in total. The lowest BCUT2D eigenvalue weighted by atomic mass is 10.2. The van der Waals surface area contributed by atoms with E-state index in [4.69, 9.17) is 4.74 Å². The number of hydrogen-bond acceptors (Lipinski definition) is 6. The van der Waals surface area contributed by atoms with E-state index in [1.54, 1.807) is 54.9 Å². The number of halogens is 1. The van der Waals surface area contributed by atoms with Crippen LogP contribution in [-0.4, -0.2) is 27.6 Å². The van der Waals surface area contributed by atoms with Crippen LogP contribution < -0.4 is 4.74 Å². The summed E-state index contributed by atoms with van der Waals surface area (Å²) in [5, 5.41) is -1.16. The molecule has 0 radical (unpaired) electrons. The van der Waals surface area contributed by atoms with Crippen molar-refractivity contribution in [2.45, 2.75) is 21.6 Å². The van der Waals surface area contributed by atoms with Gasteiger partial charge in [0.05, 0.1) is 10.6 Å². The van der Waals surface area contributed by atoms with Gasteiger partial charge in [-0.3, -0.25) is 4.98 Å². The number of sulfone groups is 2. The van der Waals surface area contributed by atoms with E-state index in [1.807, 2.05) is 6.07 Å². The molecule has 0 N–H and O–H groups in total. The smallest absolute Gasteiger partial charge is 0.190 e. The molecule has 1 unspecified atom stereocenters. The predicted molar refractivity (Wildman–Crippen MR) is 111 cm³/mol. The average Bonchev–Trinajstić information content (AvgIpc) is 2.99. The van der Waals surface area contributed by atoms with E-state index in [0.717, 1.165) is 5.56 Å². The first-order valence-electron chi connectivity index (χ1n) is 8.56. The zero-order valence-corrected chi connectivity index (χ0v) is 17.6. The number of para-hydroxylation sites is 1. The number of benzene rings is 2. The minimum Gasteiger partial charge on any atom is -0.487 e. The molecule has 0 bridgehead atoms. The Morgan fingerprint density at radius 1 is 1.00 bits per heavy atom. The molecule has 0 aliphatic carbocycles. The largest absolute Gasteiger partial charge is 0.487 e. The molecule has 29 heavy (non-hydrogen) atoms. The molecule has 0 fully saturated rings. The van der Waals surface area contributed by atoms with Crippen LogP contribution in [0, 0.1) is 0 Å². The van der Waals surface area contributed by atoms with Crippen molar-refractivity contribution in [3.63, 3.8) is 0 Å². The number of fused-ring (bicyclic) bond motifs is 1. The standard InChI is InChI=1S/C20H17NO5S2.ClH/c22-27(23)14-20(16-7-1-3-9-18(16)27)28(24,25)19-10-4-2-8-17(19)26-13-15-6-5-11-21-12-15;/h1-12,20H,13-14H2;1H. The van der Waals surface area contributed by atoms with E-state index >= 15 is 0 Å².